The molecule has 0 saturated carbocycles. The van der Waals surface area contributed by atoms with E-state index in [1.165, 1.54) is 12.1 Å². The molecule has 0 N–H and O–H groups in total. The van der Waals surface area contributed by atoms with Gasteiger partial charge in [-0.25, -0.2) is 0 Å². The number of ether oxygens (including phenoxy) is 2. The number of nitro benzene ring substituents is 1. The van der Waals surface area contributed by atoms with Gasteiger partial charge in [0.25, 0.3) is 5.69 Å². The first kappa shape index (κ1) is 22.6. The van der Waals surface area contributed by atoms with Crippen molar-refractivity contribution in [2.75, 3.05) is 13.2 Å². The molecule has 0 heterocycles. The molecule has 0 radical (unpaired) electrons. The second kappa shape index (κ2) is 11.3. The molecule has 0 unspecified atom stereocenters. The molecule has 0 amide bonds. The van der Waals surface area contributed by atoms with Crippen LogP contribution >= 0.6 is 0 Å². The molecular weight excluding hydrogens is 374 g/mol. The number of allylic oxidation sites excluding steroid dienone is 2. The van der Waals surface area contributed by atoms with Crippen molar-refractivity contribution in [2.45, 2.75) is 65.2 Å². The summed E-state index contributed by atoms with van der Waals surface area (Å²) in [7, 11) is 0. The fraction of sp³-hybridized carbons (Fsp3) is 0.545. The van der Waals surface area contributed by atoms with Crippen LogP contribution in [0.4, 0.5) is 5.69 Å². The number of unbranched alkanes of at least 4 members (excludes halogenated alkanes) is 6. The third-order valence-corrected chi connectivity index (χ3v) is 4.81. The summed E-state index contributed by atoms with van der Waals surface area (Å²) in [6, 6.07) is 3.67. The number of nitro groups is 1. The number of benzene rings is 1. The Morgan fingerprint density at radius 3 is 1.79 bits per heavy atom. The van der Waals surface area contributed by atoms with E-state index >= 15 is 0 Å². The number of nitrogens with zero attached hydrogens (tertiary/aromatic N) is 1. The summed E-state index contributed by atoms with van der Waals surface area (Å²) in [5.41, 5.74) is -0.135. The van der Waals surface area contributed by atoms with Crippen molar-refractivity contribution >= 4 is 17.3 Å². The van der Waals surface area contributed by atoms with Gasteiger partial charge < -0.3 is 9.47 Å². The molecule has 158 valence electrons. The van der Waals surface area contributed by atoms with Crippen LogP contribution in [0, 0.1) is 10.1 Å². The average molecular weight is 403 g/mol. The van der Waals surface area contributed by atoms with E-state index in [1.54, 1.807) is 0 Å². The van der Waals surface area contributed by atoms with Gasteiger partial charge >= 0.3 is 0 Å². The summed E-state index contributed by atoms with van der Waals surface area (Å²) in [6.45, 7) is 4.81. The molecule has 2 rings (SSSR count). The molecule has 7 heteroatoms. The largest absolute Gasteiger partial charge is 0.486 e. The van der Waals surface area contributed by atoms with Crippen LogP contribution in [0.5, 0.6) is 0 Å². The fourth-order valence-electron chi connectivity index (χ4n) is 3.15. The zero-order valence-corrected chi connectivity index (χ0v) is 17.2. The van der Waals surface area contributed by atoms with E-state index in [9.17, 15) is 19.7 Å². The first-order valence-corrected chi connectivity index (χ1v) is 10.4. The first-order chi connectivity index (χ1) is 14.0. The number of carbonyl (C=O) groups is 2. The predicted molar refractivity (Wildman–Crippen MR) is 109 cm³/mol. The zero-order chi connectivity index (χ0) is 21.2. The van der Waals surface area contributed by atoms with E-state index in [4.69, 9.17) is 9.47 Å². The quantitative estimate of drug-likeness (QED) is 0.249. The van der Waals surface area contributed by atoms with Gasteiger partial charge in [0.15, 0.2) is 0 Å². The van der Waals surface area contributed by atoms with Crippen molar-refractivity contribution in [3.63, 3.8) is 0 Å². The normalized spacial score (nSPS) is 13.4. The minimum Gasteiger partial charge on any atom is -0.486 e. The van der Waals surface area contributed by atoms with Crippen molar-refractivity contribution in [1.29, 1.82) is 0 Å². The highest BCUT2D eigenvalue weighted by Crippen LogP contribution is 2.30. The number of carbonyl (C=O) groups excluding carboxylic acids is 2. The van der Waals surface area contributed by atoms with Gasteiger partial charge in [-0.2, -0.15) is 0 Å². The van der Waals surface area contributed by atoms with Gasteiger partial charge in [-0.1, -0.05) is 52.4 Å². The van der Waals surface area contributed by atoms with Crippen molar-refractivity contribution in [1.82, 2.24) is 0 Å². The third-order valence-electron chi connectivity index (χ3n) is 4.81. The molecule has 1 aliphatic carbocycles. The smallest absolute Gasteiger partial charge is 0.270 e. The van der Waals surface area contributed by atoms with Crippen LogP contribution < -0.4 is 0 Å². The van der Waals surface area contributed by atoms with Gasteiger partial charge in [-0.05, 0) is 18.9 Å². The lowest BCUT2D eigenvalue weighted by Gasteiger charge is -2.21. The minimum atomic E-state index is -0.590. The molecule has 0 saturated heterocycles. The van der Waals surface area contributed by atoms with E-state index in [0.29, 0.717) is 13.2 Å². The lowest BCUT2D eigenvalue weighted by Crippen LogP contribution is -2.25. The molecule has 29 heavy (non-hydrogen) atoms. The van der Waals surface area contributed by atoms with Crippen molar-refractivity contribution in [2.24, 2.45) is 0 Å². The standard InChI is InChI=1S/C22H29NO6/c1-3-5-7-9-13-28-21-19(24)17-12-11-16(23(26)27)15-18(17)20(25)22(21)29-14-10-8-6-4-2/h11-12,15H,3-10,13-14H2,1-2H3. The van der Waals surface area contributed by atoms with Crippen LogP contribution in [0.1, 0.15) is 85.9 Å². The van der Waals surface area contributed by atoms with Gasteiger partial charge in [-0.3, -0.25) is 19.7 Å². The molecule has 0 fully saturated rings. The van der Waals surface area contributed by atoms with E-state index in [-0.39, 0.29) is 28.3 Å². The van der Waals surface area contributed by atoms with Crippen LogP contribution in [-0.2, 0) is 9.47 Å². The second-order valence-corrected chi connectivity index (χ2v) is 7.12. The van der Waals surface area contributed by atoms with Crippen molar-refractivity contribution < 1.29 is 24.0 Å². The maximum absolute atomic E-state index is 13.0. The second-order valence-electron chi connectivity index (χ2n) is 7.12. The summed E-state index contributed by atoms with van der Waals surface area (Å²) in [5.74, 6) is -1.21. The van der Waals surface area contributed by atoms with E-state index in [0.717, 1.165) is 57.4 Å². The zero-order valence-electron chi connectivity index (χ0n) is 17.2. The summed E-state index contributed by atoms with van der Waals surface area (Å²) in [5, 5.41) is 11.1. The number of rotatable bonds is 13. The minimum absolute atomic E-state index is 0.00825. The molecule has 7 nitrogen and oxygen atoms in total. The maximum Gasteiger partial charge on any atom is 0.270 e. The number of fused-ring (bicyclic) bond motifs is 1. The van der Waals surface area contributed by atoms with Gasteiger partial charge in [0.1, 0.15) is 0 Å². The van der Waals surface area contributed by atoms with Crippen molar-refractivity contribution in [3.05, 3.63) is 51.0 Å². The Labute approximate surface area is 171 Å². The lowest BCUT2D eigenvalue weighted by molar-refractivity contribution is -0.384. The van der Waals surface area contributed by atoms with E-state index in [2.05, 4.69) is 13.8 Å². The molecule has 0 spiro atoms. The Morgan fingerprint density at radius 1 is 0.793 bits per heavy atom. The Kier molecular flexibility index (Phi) is 8.83. The summed E-state index contributed by atoms with van der Waals surface area (Å²) in [4.78, 5) is 36.4. The van der Waals surface area contributed by atoms with Crippen molar-refractivity contribution in [3.8, 4) is 0 Å². The van der Waals surface area contributed by atoms with Crippen LogP contribution in [0.2, 0.25) is 0 Å². The highest BCUT2D eigenvalue weighted by Gasteiger charge is 2.36. The molecule has 0 aliphatic heterocycles. The molecule has 1 aromatic rings. The Morgan fingerprint density at radius 2 is 1.31 bits per heavy atom. The number of hydrogen-bond acceptors (Lipinski definition) is 6. The van der Waals surface area contributed by atoms with Crippen LogP contribution in [0.3, 0.4) is 0 Å². The van der Waals surface area contributed by atoms with Crippen LogP contribution in [0.25, 0.3) is 0 Å². The summed E-state index contributed by atoms with van der Waals surface area (Å²) >= 11 is 0. The van der Waals surface area contributed by atoms with Gasteiger partial charge in [0.2, 0.25) is 23.1 Å². The predicted octanol–water partition coefficient (Wildman–Crippen LogP) is 5.38. The SMILES string of the molecule is CCCCCCOC1=C(OCCCCCC)C(=O)c2cc([N+](=O)[O-])ccc2C1=O. The Bertz CT molecular complexity index is 784. The molecular formula is C22H29NO6. The molecule has 0 aromatic heterocycles. The monoisotopic (exact) mass is 403 g/mol. The third kappa shape index (κ3) is 5.89. The first-order valence-electron chi connectivity index (χ1n) is 10.4. The van der Waals surface area contributed by atoms with E-state index in [1.807, 2.05) is 0 Å². The summed E-state index contributed by atoms with van der Waals surface area (Å²) in [6.07, 6.45) is 7.75. The maximum atomic E-state index is 13.0. The summed E-state index contributed by atoms with van der Waals surface area (Å²) < 4.78 is 11.4. The number of non-ortho nitro benzene ring substituents is 1. The van der Waals surface area contributed by atoms with Crippen LogP contribution in [0.15, 0.2) is 29.7 Å². The van der Waals surface area contributed by atoms with Gasteiger partial charge in [0, 0.05) is 23.3 Å². The number of Topliss-reactive ketones (excluding diaryl/α,β-unsaturated/α-hetero) is 2. The highest BCUT2D eigenvalue weighted by atomic mass is 16.6. The average Bonchev–Trinajstić information content (AvgIpc) is 2.72. The van der Waals surface area contributed by atoms with Gasteiger partial charge in [0.05, 0.1) is 18.1 Å². The highest BCUT2D eigenvalue weighted by molar-refractivity contribution is 6.25. The molecule has 0 bridgehead atoms. The lowest BCUT2D eigenvalue weighted by atomic mass is 9.91. The number of hydrogen-bond donors (Lipinski definition) is 0. The molecule has 1 aliphatic rings. The Balaban J connectivity index is 2.24. The Hall–Kier alpha value is -2.70. The van der Waals surface area contributed by atoms with Crippen LogP contribution in [-0.4, -0.2) is 29.7 Å². The molecule has 0 atom stereocenters. The van der Waals surface area contributed by atoms with E-state index < -0.39 is 16.5 Å². The topological polar surface area (TPSA) is 95.7 Å². The number of ketones is 2. The molecule has 1 aromatic carbocycles. The fourth-order valence-corrected chi connectivity index (χ4v) is 3.15. The van der Waals surface area contributed by atoms with Gasteiger partial charge in [-0.15, -0.1) is 0 Å².